The molecule has 0 aliphatic heterocycles. The first-order valence-electron chi connectivity index (χ1n) is 5.41. The van der Waals surface area contributed by atoms with Gasteiger partial charge < -0.3 is 5.32 Å². The van der Waals surface area contributed by atoms with Crippen molar-refractivity contribution in [3.63, 3.8) is 0 Å². The van der Waals surface area contributed by atoms with Crippen LogP contribution in [0.15, 0.2) is 24.3 Å². The molecule has 0 amide bonds. The van der Waals surface area contributed by atoms with Crippen LogP contribution in [0.1, 0.15) is 12.6 Å². The van der Waals surface area contributed by atoms with E-state index in [2.05, 4.69) is 22.4 Å². The van der Waals surface area contributed by atoms with Crippen LogP contribution in [0.5, 0.6) is 0 Å². The van der Waals surface area contributed by atoms with Gasteiger partial charge in [0.1, 0.15) is 0 Å². The van der Waals surface area contributed by atoms with Crippen LogP contribution < -0.4 is 5.32 Å². The SMILES string of the molecule is CCNCc1cc(-c2cc(Cl)ccc2Cl)n[nH]1. The van der Waals surface area contributed by atoms with Crippen LogP contribution >= 0.6 is 23.2 Å². The van der Waals surface area contributed by atoms with Gasteiger partial charge in [-0.05, 0) is 30.8 Å². The molecule has 0 bridgehead atoms. The normalized spacial score (nSPS) is 10.8. The Morgan fingerprint density at radius 2 is 2.12 bits per heavy atom. The third-order valence-electron chi connectivity index (χ3n) is 2.40. The summed E-state index contributed by atoms with van der Waals surface area (Å²) in [6, 6.07) is 7.33. The summed E-state index contributed by atoms with van der Waals surface area (Å²) in [4.78, 5) is 0. The lowest BCUT2D eigenvalue weighted by Crippen LogP contribution is -2.11. The Kier molecular flexibility index (Phi) is 4.05. The smallest absolute Gasteiger partial charge is 0.0939 e. The first-order valence-corrected chi connectivity index (χ1v) is 6.16. The van der Waals surface area contributed by atoms with Crippen molar-refractivity contribution >= 4 is 23.2 Å². The van der Waals surface area contributed by atoms with Crippen LogP contribution in [-0.4, -0.2) is 16.7 Å². The van der Waals surface area contributed by atoms with E-state index in [-0.39, 0.29) is 0 Å². The average Bonchev–Trinajstić information content (AvgIpc) is 2.78. The molecule has 0 saturated carbocycles. The zero-order valence-corrected chi connectivity index (χ0v) is 10.9. The van der Waals surface area contributed by atoms with Crippen LogP contribution in [0.3, 0.4) is 0 Å². The van der Waals surface area contributed by atoms with Gasteiger partial charge in [-0.1, -0.05) is 30.1 Å². The van der Waals surface area contributed by atoms with Gasteiger partial charge in [0.25, 0.3) is 0 Å². The van der Waals surface area contributed by atoms with Crippen molar-refractivity contribution in [1.29, 1.82) is 0 Å². The summed E-state index contributed by atoms with van der Waals surface area (Å²) < 4.78 is 0. The summed E-state index contributed by atoms with van der Waals surface area (Å²) in [6.07, 6.45) is 0. The zero-order chi connectivity index (χ0) is 12.3. The highest BCUT2D eigenvalue weighted by molar-refractivity contribution is 6.35. The quantitative estimate of drug-likeness (QED) is 0.892. The highest BCUT2D eigenvalue weighted by atomic mass is 35.5. The maximum atomic E-state index is 6.12. The Morgan fingerprint density at radius 1 is 1.29 bits per heavy atom. The number of hydrogen-bond acceptors (Lipinski definition) is 2. The van der Waals surface area contributed by atoms with E-state index < -0.39 is 0 Å². The number of rotatable bonds is 4. The van der Waals surface area contributed by atoms with E-state index in [4.69, 9.17) is 23.2 Å². The van der Waals surface area contributed by atoms with Crippen LogP contribution in [-0.2, 0) is 6.54 Å². The van der Waals surface area contributed by atoms with Gasteiger partial charge in [-0.2, -0.15) is 5.10 Å². The summed E-state index contributed by atoms with van der Waals surface area (Å²) in [5.41, 5.74) is 2.68. The lowest BCUT2D eigenvalue weighted by Gasteiger charge is -2.00. The number of aromatic amines is 1. The van der Waals surface area contributed by atoms with Gasteiger partial charge in [-0.3, -0.25) is 5.10 Å². The molecule has 2 aromatic rings. The summed E-state index contributed by atoms with van der Waals surface area (Å²) in [6.45, 7) is 3.75. The molecule has 17 heavy (non-hydrogen) atoms. The minimum atomic E-state index is 0.649. The molecule has 0 unspecified atom stereocenters. The maximum Gasteiger partial charge on any atom is 0.0939 e. The van der Waals surface area contributed by atoms with E-state index in [1.807, 2.05) is 12.1 Å². The molecule has 0 aliphatic carbocycles. The van der Waals surface area contributed by atoms with Crippen LogP contribution in [0.4, 0.5) is 0 Å². The van der Waals surface area contributed by atoms with Gasteiger partial charge in [0.2, 0.25) is 0 Å². The summed E-state index contributed by atoms with van der Waals surface area (Å²) in [5, 5.41) is 11.7. The predicted octanol–water partition coefficient (Wildman–Crippen LogP) is 3.49. The second kappa shape index (κ2) is 5.54. The Hall–Kier alpha value is -1.03. The van der Waals surface area contributed by atoms with Gasteiger partial charge in [-0.25, -0.2) is 0 Å². The van der Waals surface area contributed by atoms with Crippen molar-refractivity contribution < 1.29 is 0 Å². The molecule has 0 saturated heterocycles. The van der Waals surface area contributed by atoms with Crippen molar-refractivity contribution in [3.05, 3.63) is 40.0 Å². The number of nitrogens with one attached hydrogen (secondary N) is 2. The van der Waals surface area contributed by atoms with E-state index >= 15 is 0 Å². The highest BCUT2D eigenvalue weighted by Crippen LogP contribution is 2.29. The van der Waals surface area contributed by atoms with E-state index in [1.165, 1.54) is 0 Å². The number of halogens is 2. The van der Waals surface area contributed by atoms with E-state index in [0.29, 0.717) is 10.0 Å². The lowest BCUT2D eigenvalue weighted by atomic mass is 10.1. The topological polar surface area (TPSA) is 40.7 Å². The van der Waals surface area contributed by atoms with Crippen molar-refractivity contribution in [3.8, 4) is 11.3 Å². The fraction of sp³-hybridized carbons (Fsp3) is 0.250. The lowest BCUT2D eigenvalue weighted by molar-refractivity contribution is 0.707. The minimum Gasteiger partial charge on any atom is -0.311 e. The van der Waals surface area contributed by atoms with Gasteiger partial charge in [-0.15, -0.1) is 0 Å². The second-order valence-electron chi connectivity index (χ2n) is 3.68. The molecule has 2 N–H and O–H groups in total. The van der Waals surface area contributed by atoms with Gasteiger partial charge in [0, 0.05) is 22.8 Å². The molecule has 0 spiro atoms. The largest absolute Gasteiger partial charge is 0.311 e. The highest BCUT2D eigenvalue weighted by Gasteiger charge is 2.08. The first-order chi connectivity index (χ1) is 8.20. The van der Waals surface area contributed by atoms with Crippen molar-refractivity contribution in [1.82, 2.24) is 15.5 Å². The van der Waals surface area contributed by atoms with E-state index in [9.17, 15) is 0 Å². The Labute approximate surface area is 110 Å². The van der Waals surface area contributed by atoms with Crippen molar-refractivity contribution in [2.24, 2.45) is 0 Å². The second-order valence-corrected chi connectivity index (χ2v) is 4.53. The minimum absolute atomic E-state index is 0.649. The third kappa shape index (κ3) is 3.00. The monoisotopic (exact) mass is 269 g/mol. The van der Waals surface area contributed by atoms with Gasteiger partial charge in [0.05, 0.1) is 10.7 Å². The molecule has 0 fully saturated rings. The third-order valence-corrected chi connectivity index (χ3v) is 2.97. The van der Waals surface area contributed by atoms with E-state index in [0.717, 1.165) is 30.0 Å². The molecule has 3 nitrogen and oxygen atoms in total. The van der Waals surface area contributed by atoms with Crippen molar-refractivity contribution in [2.45, 2.75) is 13.5 Å². The zero-order valence-electron chi connectivity index (χ0n) is 9.43. The number of benzene rings is 1. The molecule has 0 aliphatic rings. The predicted molar refractivity (Wildman–Crippen MR) is 71.4 cm³/mol. The molecule has 5 heteroatoms. The van der Waals surface area contributed by atoms with Crippen LogP contribution in [0, 0.1) is 0 Å². The fourth-order valence-corrected chi connectivity index (χ4v) is 1.93. The maximum absolute atomic E-state index is 6.12. The van der Waals surface area contributed by atoms with Crippen LogP contribution in [0.25, 0.3) is 11.3 Å². The van der Waals surface area contributed by atoms with Gasteiger partial charge in [0.15, 0.2) is 0 Å². The number of H-pyrrole nitrogens is 1. The van der Waals surface area contributed by atoms with E-state index in [1.54, 1.807) is 12.1 Å². The average molecular weight is 270 g/mol. The molecule has 1 heterocycles. The molecule has 0 radical (unpaired) electrons. The Morgan fingerprint density at radius 3 is 2.88 bits per heavy atom. The summed E-state index contributed by atoms with van der Waals surface area (Å²) >= 11 is 12.1. The number of aromatic nitrogens is 2. The molecule has 1 aromatic heterocycles. The van der Waals surface area contributed by atoms with Crippen LogP contribution in [0.2, 0.25) is 10.0 Å². The first kappa shape index (κ1) is 12.4. The Bertz CT molecular complexity index is 508. The Balaban J connectivity index is 2.27. The fourth-order valence-electron chi connectivity index (χ4n) is 1.54. The van der Waals surface area contributed by atoms with Gasteiger partial charge >= 0.3 is 0 Å². The molecule has 90 valence electrons. The molecule has 2 rings (SSSR count). The molecular weight excluding hydrogens is 257 g/mol. The molecule has 1 aromatic carbocycles. The number of hydrogen-bond donors (Lipinski definition) is 2. The molecule has 0 atom stereocenters. The summed E-state index contributed by atoms with van der Waals surface area (Å²) in [5.74, 6) is 0. The standard InChI is InChI=1S/C12H13Cl2N3/c1-2-15-7-9-6-12(17-16-9)10-5-8(13)3-4-11(10)14/h3-6,15H,2,7H2,1H3,(H,16,17). The summed E-state index contributed by atoms with van der Waals surface area (Å²) in [7, 11) is 0. The molecular formula is C12H13Cl2N3. The number of nitrogens with zero attached hydrogens (tertiary/aromatic N) is 1. The van der Waals surface area contributed by atoms with Crippen molar-refractivity contribution in [2.75, 3.05) is 6.54 Å².